The van der Waals surface area contributed by atoms with Gasteiger partial charge in [0.05, 0.1) is 0 Å². The molecule has 7 nitrogen and oxygen atoms in total. The van der Waals surface area contributed by atoms with Gasteiger partial charge in [-0.15, -0.1) is 0 Å². The standard InChI is InChI=1S/C22H26N4O3/c23-19(27)18-10-6-9-17(13-18)15-24-20(28)22(11-4-5-12-22)26-21(29)25-14-16-7-2-1-3-8-16/h1-3,6-10,13H,4-5,11-12,14-15H2,(H2,23,27)(H,24,28)(H2,25,26,29). The maximum atomic E-state index is 12.9. The van der Waals surface area contributed by atoms with Crippen LogP contribution in [0.2, 0.25) is 0 Å². The Morgan fingerprint density at radius 1 is 0.862 bits per heavy atom. The van der Waals surface area contributed by atoms with Crippen molar-refractivity contribution in [2.75, 3.05) is 0 Å². The van der Waals surface area contributed by atoms with E-state index >= 15 is 0 Å². The number of carbonyl (C=O) groups excluding carboxylic acids is 3. The molecule has 2 aromatic rings. The largest absolute Gasteiger partial charge is 0.366 e. The number of amides is 4. The molecule has 152 valence electrons. The molecule has 1 aliphatic rings. The van der Waals surface area contributed by atoms with Crippen LogP contribution in [0.4, 0.5) is 4.79 Å². The van der Waals surface area contributed by atoms with E-state index < -0.39 is 11.4 Å². The second-order valence-electron chi connectivity index (χ2n) is 7.33. The van der Waals surface area contributed by atoms with E-state index in [-0.39, 0.29) is 18.5 Å². The van der Waals surface area contributed by atoms with Crippen molar-refractivity contribution in [2.24, 2.45) is 5.73 Å². The van der Waals surface area contributed by atoms with Gasteiger partial charge in [0.25, 0.3) is 0 Å². The lowest BCUT2D eigenvalue weighted by molar-refractivity contribution is -0.127. The van der Waals surface area contributed by atoms with E-state index in [2.05, 4.69) is 16.0 Å². The number of nitrogens with two attached hydrogens (primary N) is 1. The van der Waals surface area contributed by atoms with E-state index in [4.69, 9.17) is 5.73 Å². The maximum Gasteiger partial charge on any atom is 0.315 e. The van der Waals surface area contributed by atoms with Crippen molar-refractivity contribution in [3.05, 3.63) is 71.3 Å². The molecule has 29 heavy (non-hydrogen) atoms. The van der Waals surface area contributed by atoms with Crippen molar-refractivity contribution >= 4 is 17.8 Å². The summed E-state index contributed by atoms with van der Waals surface area (Å²) in [6.45, 7) is 0.652. The fourth-order valence-corrected chi connectivity index (χ4v) is 3.61. The molecule has 0 spiro atoms. The SMILES string of the molecule is NC(=O)c1cccc(CNC(=O)C2(NC(=O)NCc3ccccc3)CCCC2)c1. The smallest absolute Gasteiger partial charge is 0.315 e. The predicted molar refractivity (Wildman–Crippen MR) is 110 cm³/mol. The zero-order chi connectivity index (χ0) is 20.7. The Hall–Kier alpha value is -3.35. The molecule has 0 atom stereocenters. The van der Waals surface area contributed by atoms with Crippen LogP contribution in [-0.2, 0) is 17.9 Å². The molecule has 0 bridgehead atoms. The van der Waals surface area contributed by atoms with Crippen LogP contribution in [0.5, 0.6) is 0 Å². The minimum atomic E-state index is -0.915. The molecule has 1 saturated carbocycles. The van der Waals surface area contributed by atoms with Crippen LogP contribution in [-0.4, -0.2) is 23.4 Å². The van der Waals surface area contributed by atoms with E-state index in [0.717, 1.165) is 24.0 Å². The molecule has 0 heterocycles. The van der Waals surface area contributed by atoms with Crippen molar-refractivity contribution in [1.29, 1.82) is 0 Å². The zero-order valence-electron chi connectivity index (χ0n) is 16.2. The van der Waals surface area contributed by atoms with Gasteiger partial charge in [-0.1, -0.05) is 55.3 Å². The molecular weight excluding hydrogens is 368 g/mol. The summed E-state index contributed by atoms with van der Waals surface area (Å²) in [5.74, 6) is -0.725. The van der Waals surface area contributed by atoms with Gasteiger partial charge in [-0.2, -0.15) is 0 Å². The van der Waals surface area contributed by atoms with Gasteiger partial charge in [-0.05, 0) is 36.1 Å². The number of urea groups is 1. The Balaban J connectivity index is 1.59. The molecular formula is C22H26N4O3. The molecule has 7 heteroatoms. The van der Waals surface area contributed by atoms with E-state index in [0.29, 0.717) is 24.9 Å². The molecule has 0 saturated heterocycles. The molecule has 0 aromatic heterocycles. The number of hydrogen-bond donors (Lipinski definition) is 4. The van der Waals surface area contributed by atoms with Gasteiger partial charge in [0.15, 0.2) is 0 Å². The quantitative estimate of drug-likeness (QED) is 0.577. The van der Waals surface area contributed by atoms with Gasteiger partial charge in [0.1, 0.15) is 5.54 Å². The molecule has 1 fully saturated rings. The number of primary amides is 1. The van der Waals surface area contributed by atoms with Gasteiger partial charge < -0.3 is 21.7 Å². The van der Waals surface area contributed by atoms with E-state index in [9.17, 15) is 14.4 Å². The molecule has 0 aliphatic heterocycles. The van der Waals surface area contributed by atoms with E-state index in [1.165, 1.54) is 0 Å². The first kappa shape index (κ1) is 20.4. The first-order valence-corrected chi connectivity index (χ1v) is 9.75. The van der Waals surface area contributed by atoms with Crippen LogP contribution in [0.3, 0.4) is 0 Å². The third-order valence-electron chi connectivity index (χ3n) is 5.21. The van der Waals surface area contributed by atoms with Gasteiger partial charge in [0, 0.05) is 18.7 Å². The Bertz CT molecular complexity index is 877. The molecule has 5 N–H and O–H groups in total. The lowest BCUT2D eigenvalue weighted by Gasteiger charge is -2.29. The fraction of sp³-hybridized carbons (Fsp3) is 0.318. The summed E-state index contributed by atoms with van der Waals surface area (Å²) in [4.78, 5) is 36.7. The Labute approximate surface area is 170 Å². The van der Waals surface area contributed by atoms with Gasteiger partial charge in [-0.3, -0.25) is 9.59 Å². The van der Waals surface area contributed by atoms with Crippen LogP contribution in [0.1, 0.15) is 47.2 Å². The summed E-state index contributed by atoms with van der Waals surface area (Å²) in [6, 6.07) is 16.1. The second kappa shape index (κ2) is 9.23. The molecule has 0 radical (unpaired) electrons. The summed E-state index contributed by atoms with van der Waals surface area (Å²) in [6.07, 6.45) is 2.95. The lowest BCUT2D eigenvalue weighted by Crippen LogP contribution is -2.59. The molecule has 2 aromatic carbocycles. The van der Waals surface area contributed by atoms with Gasteiger partial charge in [-0.25, -0.2) is 4.79 Å². The third-order valence-corrected chi connectivity index (χ3v) is 5.21. The second-order valence-corrected chi connectivity index (χ2v) is 7.33. The number of carbonyl (C=O) groups is 3. The van der Waals surface area contributed by atoms with E-state index in [1.54, 1.807) is 18.2 Å². The van der Waals surface area contributed by atoms with Crippen LogP contribution < -0.4 is 21.7 Å². The third kappa shape index (κ3) is 5.34. The number of rotatable bonds is 7. The number of nitrogens with one attached hydrogen (secondary N) is 3. The highest BCUT2D eigenvalue weighted by Gasteiger charge is 2.42. The molecule has 0 unspecified atom stereocenters. The summed E-state index contributed by atoms with van der Waals surface area (Å²) in [7, 11) is 0. The summed E-state index contributed by atoms with van der Waals surface area (Å²) >= 11 is 0. The van der Waals surface area contributed by atoms with Crippen LogP contribution >= 0.6 is 0 Å². The minimum Gasteiger partial charge on any atom is -0.366 e. The van der Waals surface area contributed by atoms with Gasteiger partial charge in [0.2, 0.25) is 11.8 Å². The van der Waals surface area contributed by atoms with Crippen LogP contribution in [0.15, 0.2) is 54.6 Å². The zero-order valence-corrected chi connectivity index (χ0v) is 16.2. The maximum absolute atomic E-state index is 12.9. The average Bonchev–Trinajstić information content (AvgIpc) is 3.21. The fourth-order valence-electron chi connectivity index (χ4n) is 3.61. The highest BCUT2D eigenvalue weighted by atomic mass is 16.2. The highest BCUT2D eigenvalue weighted by Crippen LogP contribution is 2.30. The predicted octanol–water partition coefficient (Wildman–Crippen LogP) is 2.21. The highest BCUT2D eigenvalue weighted by molar-refractivity contribution is 5.93. The molecule has 1 aliphatic carbocycles. The molecule has 3 rings (SSSR count). The summed E-state index contributed by atoms with van der Waals surface area (Å²) in [5.41, 5.74) is 6.55. The van der Waals surface area contributed by atoms with Crippen molar-refractivity contribution in [3.8, 4) is 0 Å². The summed E-state index contributed by atoms with van der Waals surface area (Å²) in [5, 5.41) is 8.60. The Morgan fingerprint density at radius 3 is 2.21 bits per heavy atom. The topological polar surface area (TPSA) is 113 Å². The normalized spacial score (nSPS) is 14.8. The minimum absolute atomic E-state index is 0.214. The first-order chi connectivity index (χ1) is 14.0. The van der Waals surface area contributed by atoms with Crippen molar-refractivity contribution in [2.45, 2.75) is 44.3 Å². The Kier molecular flexibility index (Phi) is 6.49. The first-order valence-electron chi connectivity index (χ1n) is 9.75. The number of benzene rings is 2. The summed E-state index contributed by atoms with van der Waals surface area (Å²) < 4.78 is 0. The Morgan fingerprint density at radius 2 is 1.52 bits per heavy atom. The van der Waals surface area contributed by atoms with Gasteiger partial charge >= 0.3 is 6.03 Å². The average molecular weight is 394 g/mol. The molecule has 4 amide bonds. The van der Waals surface area contributed by atoms with Crippen molar-refractivity contribution < 1.29 is 14.4 Å². The lowest BCUT2D eigenvalue weighted by atomic mass is 9.96. The van der Waals surface area contributed by atoms with Crippen LogP contribution in [0.25, 0.3) is 0 Å². The van der Waals surface area contributed by atoms with Crippen molar-refractivity contribution in [1.82, 2.24) is 16.0 Å². The number of hydrogen-bond acceptors (Lipinski definition) is 3. The monoisotopic (exact) mass is 394 g/mol. The van der Waals surface area contributed by atoms with Crippen LogP contribution in [0, 0.1) is 0 Å². The van der Waals surface area contributed by atoms with Crippen molar-refractivity contribution in [3.63, 3.8) is 0 Å². The van der Waals surface area contributed by atoms with E-state index in [1.807, 2.05) is 36.4 Å².